The van der Waals surface area contributed by atoms with E-state index in [0.29, 0.717) is 6.54 Å². The average Bonchev–Trinajstić information content (AvgIpc) is 2.97. The van der Waals surface area contributed by atoms with Crippen molar-refractivity contribution in [2.75, 3.05) is 11.4 Å². The summed E-state index contributed by atoms with van der Waals surface area (Å²) < 4.78 is 5.40. The Balaban J connectivity index is 2.25. The van der Waals surface area contributed by atoms with Gasteiger partial charge in [0.2, 0.25) is 0 Å². The third kappa shape index (κ3) is 3.61. The van der Waals surface area contributed by atoms with E-state index in [1.54, 1.807) is 6.26 Å². The Morgan fingerprint density at radius 3 is 2.75 bits per heavy atom. The highest BCUT2D eigenvalue weighted by Gasteiger charge is 2.11. The second-order valence-electron chi connectivity index (χ2n) is 4.83. The van der Waals surface area contributed by atoms with Crippen molar-refractivity contribution >= 4 is 5.82 Å². The van der Waals surface area contributed by atoms with Crippen molar-refractivity contribution in [3.05, 3.63) is 47.5 Å². The van der Waals surface area contributed by atoms with Gasteiger partial charge in [-0.25, -0.2) is 4.98 Å². The fourth-order valence-corrected chi connectivity index (χ4v) is 2.22. The number of aryl methyl sites for hydroxylation is 1. The Kier molecular flexibility index (Phi) is 5.18. The number of aromatic nitrogens is 1. The molecule has 0 aliphatic rings. The van der Waals surface area contributed by atoms with Crippen molar-refractivity contribution in [3.63, 3.8) is 0 Å². The van der Waals surface area contributed by atoms with E-state index in [4.69, 9.17) is 9.40 Å². The van der Waals surface area contributed by atoms with Gasteiger partial charge in [0.15, 0.2) is 0 Å². The molecule has 0 radical (unpaired) electrons. The molecule has 0 saturated carbocycles. The summed E-state index contributed by atoms with van der Waals surface area (Å²) in [6.45, 7) is 5.80. The lowest BCUT2D eigenvalue weighted by molar-refractivity contribution is 0.281. The van der Waals surface area contributed by atoms with Gasteiger partial charge >= 0.3 is 0 Å². The van der Waals surface area contributed by atoms with Gasteiger partial charge in [0.05, 0.1) is 19.4 Å². The van der Waals surface area contributed by atoms with E-state index < -0.39 is 0 Å². The highest BCUT2D eigenvalue weighted by molar-refractivity contribution is 5.43. The zero-order valence-corrected chi connectivity index (χ0v) is 12.2. The van der Waals surface area contributed by atoms with Gasteiger partial charge in [-0.15, -0.1) is 0 Å². The first-order valence-corrected chi connectivity index (χ1v) is 7.14. The highest BCUT2D eigenvalue weighted by atomic mass is 16.3. The molecule has 0 aromatic carbocycles. The van der Waals surface area contributed by atoms with Crippen LogP contribution in [0.25, 0.3) is 0 Å². The second kappa shape index (κ2) is 7.10. The van der Waals surface area contributed by atoms with Gasteiger partial charge in [-0.05, 0) is 43.2 Å². The molecule has 20 heavy (non-hydrogen) atoms. The first-order valence-electron chi connectivity index (χ1n) is 7.14. The van der Waals surface area contributed by atoms with Gasteiger partial charge in [-0.2, -0.15) is 0 Å². The number of pyridine rings is 1. The van der Waals surface area contributed by atoms with Crippen molar-refractivity contribution in [1.29, 1.82) is 0 Å². The van der Waals surface area contributed by atoms with Crippen molar-refractivity contribution in [2.24, 2.45) is 0 Å². The molecule has 0 aliphatic carbocycles. The third-order valence-corrected chi connectivity index (χ3v) is 3.25. The minimum atomic E-state index is 0.0462. The first-order chi connectivity index (χ1) is 9.76. The monoisotopic (exact) mass is 274 g/mol. The van der Waals surface area contributed by atoms with Crippen LogP contribution in [-0.4, -0.2) is 16.6 Å². The Morgan fingerprint density at radius 2 is 2.15 bits per heavy atom. The SMILES string of the molecule is CCCc1cc(CO)cc(N(CC)Cc2ccco2)n1. The fraction of sp³-hybridized carbons (Fsp3) is 0.438. The molecule has 0 saturated heterocycles. The van der Waals surface area contributed by atoms with Crippen molar-refractivity contribution in [2.45, 2.75) is 39.8 Å². The fourth-order valence-electron chi connectivity index (χ4n) is 2.22. The summed E-state index contributed by atoms with van der Waals surface area (Å²) in [7, 11) is 0. The van der Waals surface area contributed by atoms with E-state index in [2.05, 4.69) is 18.7 Å². The third-order valence-electron chi connectivity index (χ3n) is 3.25. The maximum Gasteiger partial charge on any atom is 0.129 e. The smallest absolute Gasteiger partial charge is 0.129 e. The second-order valence-corrected chi connectivity index (χ2v) is 4.83. The van der Waals surface area contributed by atoms with Crippen LogP contribution in [0.1, 0.15) is 37.3 Å². The lowest BCUT2D eigenvalue weighted by atomic mass is 10.1. The van der Waals surface area contributed by atoms with Gasteiger partial charge in [0.1, 0.15) is 11.6 Å². The minimum absolute atomic E-state index is 0.0462. The lowest BCUT2D eigenvalue weighted by Gasteiger charge is -2.22. The summed E-state index contributed by atoms with van der Waals surface area (Å²) in [6, 6.07) is 7.79. The molecule has 0 aliphatic heterocycles. The summed E-state index contributed by atoms with van der Waals surface area (Å²) in [5.74, 6) is 1.82. The number of furan rings is 1. The molecule has 0 fully saturated rings. The number of aliphatic hydroxyl groups excluding tert-OH is 1. The predicted octanol–water partition coefficient (Wildman–Crippen LogP) is 3.15. The number of aliphatic hydroxyl groups is 1. The Morgan fingerprint density at radius 1 is 1.30 bits per heavy atom. The maximum absolute atomic E-state index is 9.40. The molecule has 0 amide bonds. The van der Waals surface area contributed by atoms with Crippen molar-refractivity contribution in [1.82, 2.24) is 4.98 Å². The standard InChI is InChI=1S/C16H22N2O2/c1-3-6-14-9-13(12-19)10-16(17-14)18(4-2)11-15-7-5-8-20-15/h5,7-10,19H,3-4,6,11-12H2,1-2H3. The zero-order valence-electron chi connectivity index (χ0n) is 12.2. The van der Waals surface area contributed by atoms with Crippen LogP contribution in [0, 0.1) is 0 Å². The highest BCUT2D eigenvalue weighted by Crippen LogP contribution is 2.19. The van der Waals surface area contributed by atoms with E-state index in [0.717, 1.165) is 42.2 Å². The van der Waals surface area contributed by atoms with Crippen LogP contribution in [0.4, 0.5) is 5.82 Å². The topological polar surface area (TPSA) is 49.5 Å². The summed E-state index contributed by atoms with van der Waals surface area (Å²) >= 11 is 0. The van der Waals surface area contributed by atoms with E-state index in [9.17, 15) is 5.11 Å². The van der Waals surface area contributed by atoms with Crippen LogP contribution in [0.3, 0.4) is 0 Å². The maximum atomic E-state index is 9.40. The van der Waals surface area contributed by atoms with Crippen LogP contribution in [0.15, 0.2) is 34.9 Å². The van der Waals surface area contributed by atoms with Crippen LogP contribution in [0.2, 0.25) is 0 Å². The van der Waals surface area contributed by atoms with Gasteiger partial charge < -0.3 is 14.4 Å². The number of anilines is 1. The van der Waals surface area contributed by atoms with E-state index >= 15 is 0 Å². The molecule has 108 valence electrons. The first kappa shape index (κ1) is 14.6. The number of nitrogens with zero attached hydrogens (tertiary/aromatic N) is 2. The molecular formula is C16H22N2O2. The van der Waals surface area contributed by atoms with Crippen LogP contribution >= 0.6 is 0 Å². The van der Waals surface area contributed by atoms with Crippen molar-refractivity contribution < 1.29 is 9.52 Å². The van der Waals surface area contributed by atoms with E-state index in [-0.39, 0.29) is 6.61 Å². The van der Waals surface area contributed by atoms with Gasteiger partial charge in [0.25, 0.3) is 0 Å². The molecule has 4 heteroatoms. The molecule has 4 nitrogen and oxygen atoms in total. The molecule has 0 unspecified atom stereocenters. The number of hydrogen-bond acceptors (Lipinski definition) is 4. The van der Waals surface area contributed by atoms with Crippen LogP contribution in [0.5, 0.6) is 0 Å². The molecule has 2 aromatic heterocycles. The molecular weight excluding hydrogens is 252 g/mol. The Hall–Kier alpha value is -1.81. The summed E-state index contributed by atoms with van der Waals surface area (Å²) in [4.78, 5) is 6.85. The molecule has 0 atom stereocenters. The average molecular weight is 274 g/mol. The van der Waals surface area contributed by atoms with Gasteiger partial charge in [0, 0.05) is 12.2 Å². The molecule has 0 spiro atoms. The van der Waals surface area contributed by atoms with Crippen LogP contribution < -0.4 is 4.90 Å². The van der Waals surface area contributed by atoms with Gasteiger partial charge in [-0.3, -0.25) is 0 Å². The molecule has 2 aromatic rings. The van der Waals surface area contributed by atoms with Crippen molar-refractivity contribution in [3.8, 4) is 0 Å². The Bertz CT molecular complexity index is 523. The summed E-state index contributed by atoms with van der Waals surface area (Å²) in [5.41, 5.74) is 1.95. The zero-order chi connectivity index (χ0) is 14.4. The van der Waals surface area contributed by atoms with E-state index in [1.807, 2.05) is 24.3 Å². The van der Waals surface area contributed by atoms with E-state index in [1.165, 1.54) is 0 Å². The normalized spacial score (nSPS) is 10.8. The largest absolute Gasteiger partial charge is 0.467 e. The molecule has 2 rings (SSSR count). The predicted molar refractivity (Wildman–Crippen MR) is 79.6 cm³/mol. The van der Waals surface area contributed by atoms with Crippen LogP contribution in [-0.2, 0) is 19.6 Å². The summed E-state index contributed by atoms with van der Waals surface area (Å²) in [5, 5.41) is 9.40. The molecule has 2 heterocycles. The summed E-state index contributed by atoms with van der Waals surface area (Å²) in [6.07, 6.45) is 3.66. The van der Waals surface area contributed by atoms with Gasteiger partial charge in [-0.1, -0.05) is 13.3 Å². The quantitative estimate of drug-likeness (QED) is 0.842. The molecule has 1 N–H and O–H groups in total. The number of hydrogen-bond donors (Lipinski definition) is 1. The minimum Gasteiger partial charge on any atom is -0.467 e. The lowest BCUT2D eigenvalue weighted by Crippen LogP contribution is -2.23. The number of rotatable bonds is 7. The Labute approximate surface area is 120 Å². The molecule has 0 bridgehead atoms.